The second kappa shape index (κ2) is 5.79. The monoisotopic (exact) mass is 317 g/mol. The number of anilines is 1. The third kappa shape index (κ3) is 2.79. The van der Waals surface area contributed by atoms with Gasteiger partial charge in [-0.05, 0) is 48.9 Å². The predicted molar refractivity (Wildman–Crippen MR) is 79.9 cm³/mol. The Morgan fingerprint density at radius 1 is 1.43 bits per heavy atom. The van der Waals surface area contributed by atoms with Gasteiger partial charge >= 0.3 is 5.97 Å². The number of carbonyl (C=O) groups excluding carboxylic acids is 1. The number of esters is 1. The SMILES string of the molecule is CC1=C(C(=O)OC(C)C)[C@@H](c2cccc(F)c2)n2nnnc2N1. The summed E-state index contributed by atoms with van der Waals surface area (Å²) in [5.41, 5.74) is 1.49. The minimum absolute atomic E-state index is 0.272. The Kier molecular flexibility index (Phi) is 3.81. The molecule has 1 aliphatic rings. The molecule has 0 saturated heterocycles. The molecule has 0 unspecified atom stereocenters. The van der Waals surface area contributed by atoms with Crippen molar-refractivity contribution in [2.24, 2.45) is 0 Å². The molecule has 3 rings (SSSR count). The fourth-order valence-electron chi connectivity index (χ4n) is 2.54. The van der Waals surface area contributed by atoms with E-state index in [9.17, 15) is 9.18 Å². The average molecular weight is 317 g/mol. The van der Waals surface area contributed by atoms with Gasteiger partial charge in [0.15, 0.2) is 0 Å². The number of halogens is 1. The van der Waals surface area contributed by atoms with Gasteiger partial charge in [-0.25, -0.2) is 9.18 Å². The molecule has 2 heterocycles. The first-order chi connectivity index (χ1) is 11.0. The minimum Gasteiger partial charge on any atom is -0.459 e. The Hall–Kier alpha value is -2.77. The molecule has 120 valence electrons. The Morgan fingerprint density at radius 2 is 2.22 bits per heavy atom. The van der Waals surface area contributed by atoms with E-state index in [0.29, 0.717) is 22.8 Å². The summed E-state index contributed by atoms with van der Waals surface area (Å²) in [5, 5.41) is 14.4. The summed E-state index contributed by atoms with van der Waals surface area (Å²) < 4.78 is 20.4. The number of benzene rings is 1. The number of nitrogens with zero attached hydrogens (tertiary/aromatic N) is 4. The van der Waals surface area contributed by atoms with Gasteiger partial charge in [0.25, 0.3) is 0 Å². The van der Waals surface area contributed by atoms with Crippen molar-refractivity contribution in [3.05, 3.63) is 46.9 Å². The van der Waals surface area contributed by atoms with E-state index in [1.165, 1.54) is 16.8 Å². The lowest BCUT2D eigenvalue weighted by atomic mass is 9.95. The first kappa shape index (κ1) is 15.1. The van der Waals surface area contributed by atoms with Gasteiger partial charge in [-0.1, -0.05) is 17.2 Å². The van der Waals surface area contributed by atoms with Crippen molar-refractivity contribution in [2.75, 3.05) is 5.32 Å². The van der Waals surface area contributed by atoms with Gasteiger partial charge in [0.1, 0.15) is 11.9 Å². The molecule has 1 aromatic carbocycles. The Labute approximate surface area is 132 Å². The lowest BCUT2D eigenvalue weighted by molar-refractivity contribution is -0.143. The van der Waals surface area contributed by atoms with Crippen LogP contribution in [0.2, 0.25) is 0 Å². The van der Waals surface area contributed by atoms with E-state index in [4.69, 9.17) is 4.74 Å². The van der Waals surface area contributed by atoms with Gasteiger partial charge in [0.05, 0.1) is 11.7 Å². The summed E-state index contributed by atoms with van der Waals surface area (Å²) in [6.07, 6.45) is -0.272. The van der Waals surface area contributed by atoms with Crippen LogP contribution in [0.1, 0.15) is 32.4 Å². The van der Waals surface area contributed by atoms with Crippen LogP contribution >= 0.6 is 0 Å². The van der Waals surface area contributed by atoms with Crippen molar-refractivity contribution < 1.29 is 13.9 Å². The zero-order chi connectivity index (χ0) is 16.6. The maximum Gasteiger partial charge on any atom is 0.338 e. The largest absolute Gasteiger partial charge is 0.459 e. The highest BCUT2D eigenvalue weighted by atomic mass is 19.1. The second-order valence-corrected chi connectivity index (χ2v) is 5.52. The summed E-state index contributed by atoms with van der Waals surface area (Å²) in [7, 11) is 0. The van der Waals surface area contributed by atoms with Gasteiger partial charge in [-0.3, -0.25) is 0 Å². The van der Waals surface area contributed by atoms with Gasteiger partial charge < -0.3 is 10.1 Å². The Morgan fingerprint density at radius 3 is 2.91 bits per heavy atom. The molecule has 1 aliphatic heterocycles. The molecule has 0 bridgehead atoms. The van der Waals surface area contributed by atoms with E-state index in [0.717, 1.165) is 0 Å². The minimum atomic E-state index is -0.650. The number of tetrazole rings is 1. The van der Waals surface area contributed by atoms with E-state index in [1.807, 2.05) is 0 Å². The van der Waals surface area contributed by atoms with Crippen LogP contribution in [0.15, 0.2) is 35.5 Å². The molecule has 23 heavy (non-hydrogen) atoms. The molecule has 0 spiro atoms. The van der Waals surface area contributed by atoms with E-state index in [2.05, 4.69) is 20.8 Å². The summed E-state index contributed by atoms with van der Waals surface area (Å²) in [4.78, 5) is 12.5. The van der Waals surface area contributed by atoms with E-state index in [-0.39, 0.29) is 6.10 Å². The van der Waals surface area contributed by atoms with Crippen LogP contribution in [0.3, 0.4) is 0 Å². The first-order valence-electron chi connectivity index (χ1n) is 7.19. The number of allylic oxidation sites excluding steroid dienone is 1. The van der Waals surface area contributed by atoms with Crippen LogP contribution in [-0.2, 0) is 9.53 Å². The molecule has 1 N–H and O–H groups in total. The predicted octanol–water partition coefficient (Wildman–Crippen LogP) is 2.05. The van der Waals surface area contributed by atoms with Crippen molar-refractivity contribution in [1.29, 1.82) is 0 Å². The molecule has 0 fully saturated rings. The van der Waals surface area contributed by atoms with E-state index < -0.39 is 17.8 Å². The van der Waals surface area contributed by atoms with E-state index in [1.54, 1.807) is 32.9 Å². The van der Waals surface area contributed by atoms with Crippen LogP contribution in [0.25, 0.3) is 0 Å². The van der Waals surface area contributed by atoms with Gasteiger partial charge in [0, 0.05) is 5.70 Å². The number of fused-ring (bicyclic) bond motifs is 1. The molecule has 8 heteroatoms. The average Bonchev–Trinajstić information content (AvgIpc) is 2.92. The number of ether oxygens (including phenoxy) is 1. The Bertz CT molecular complexity index is 784. The summed E-state index contributed by atoms with van der Waals surface area (Å²) in [6, 6.07) is 5.35. The molecular weight excluding hydrogens is 301 g/mol. The highest BCUT2D eigenvalue weighted by Crippen LogP contribution is 2.35. The molecular formula is C15H16FN5O2. The van der Waals surface area contributed by atoms with Crippen LogP contribution < -0.4 is 5.32 Å². The zero-order valence-corrected chi connectivity index (χ0v) is 12.9. The lowest BCUT2D eigenvalue weighted by Gasteiger charge is -2.27. The summed E-state index contributed by atoms with van der Waals surface area (Å²) in [6.45, 7) is 5.27. The van der Waals surface area contributed by atoms with Crippen LogP contribution in [0, 0.1) is 5.82 Å². The van der Waals surface area contributed by atoms with Crippen LogP contribution in [0.4, 0.5) is 10.3 Å². The van der Waals surface area contributed by atoms with Crippen molar-refractivity contribution >= 4 is 11.9 Å². The molecule has 0 aliphatic carbocycles. The fourth-order valence-corrected chi connectivity index (χ4v) is 2.54. The highest BCUT2D eigenvalue weighted by Gasteiger charge is 2.35. The quantitative estimate of drug-likeness (QED) is 0.873. The van der Waals surface area contributed by atoms with Gasteiger partial charge in [-0.2, -0.15) is 4.68 Å². The van der Waals surface area contributed by atoms with Crippen LogP contribution in [0.5, 0.6) is 0 Å². The third-order valence-electron chi connectivity index (χ3n) is 3.44. The molecule has 7 nitrogen and oxygen atoms in total. The van der Waals surface area contributed by atoms with Crippen LogP contribution in [-0.4, -0.2) is 32.3 Å². The number of hydrogen-bond donors (Lipinski definition) is 1. The standard InChI is InChI=1S/C15H16FN5O2/c1-8(2)23-14(22)12-9(3)17-15-18-19-20-21(15)13(12)10-5-4-6-11(16)7-10/h4-8,13H,1-3H3,(H,17,18,20)/t13-/m1/s1. The molecule has 0 radical (unpaired) electrons. The van der Waals surface area contributed by atoms with Crippen molar-refractivity contribution in [3.63, 3.8) is 0 Å². The Balaban J connectivity index is 2.13. The molecule has 1 atom stereocenters. The number of nitrogens with one attached hydrogen (secondary N) is 1. The molecule has 0 saturated carbocycles. The molecule has 1 aromatic heterocycles. The number of rotatable bonds is 3. The third-order valence-corrected chi connectivity index (χ3v) is 3.44. The normalized spacial score (nSPS) is 17.0. The number of hydrogen-bond acceptors (Lipinski definition) is 6. The van der Waals surface area contributed by atoms with Crippen molar-refractivity contribution in [3.8, 4) is 0 Å². The smallest absolute Gasteiger partial charge is 0.338 e. The summed E-state index contributed by atoms with van der Waals surface area (Å²) >= 11 is 0. The van der Waals surface area contributed by atoms with E-state index >= 15 is 0 Å². The van der Waals surface area contributed by atoms with Crippen molar-refractivity contribution in [1.82, 2.24) is 20.2 Å². The highest BCUT2D eigenvalue weighted by molar-refractivity contribution is 5.92. The molecule has 2 aromatic rings. The first-order valence-corrected chi connectivity index (χ1v) is 7.19. The molecule has 0 amide bonds. The zero-order valence-electron chi connectivity index (χ0n) is 12.9. The van der Waals surface area contributed by atoms with Gasteiger partial charge in [-0.15, -0.1) is 0 Å². The maximum absolute atomic E-state index is 13.7. The fraction of sp³-hybridized carbons (Fsp3) is 0.333. The lowest BCUT2D eigenvalue weighted by Crippen LogP contribution is -2.30. The summed E-state index contributed by atoms with van der Waals surface area (Å²) in [5.74, 6) is -0.497. The maximum atomic E-state index is 13.7. The van der Waals surface area contributed by atoms with Gasteiger partial charge in [0.2, 0.25) is 5.95 Å². The van der Waals surface area contributed by atoms with Crippen molar-refractivity contribution in [2.45, 2.75) is 32.9 Å². The topological polar surface area (TPSA) is 81.9 Å². The number of carbonyl (C=O) groups is 1. The number of aromatic nitrogens is 4. The second-order valence-electron chi connectivity index (χ2n) is 5.52.